The SMILES string of the molecule is N#CC1(C#N)[C@H](c2ccc3c(c2)OCO3)[C@@H](C(=O)C2CC2)N2c3ccccc3C=C[C@@H]21. The number of nitriles is 2. The van der Waals surface area contributed by atoms with Gasteiger partial charge < -0.3 is 14.4 Å². The highest BCUT2D eigenvalue weighted by molar-refractivity contribution is 5.95. The van der Waals surface area contributed by atoms with Crippen LogP contribution in [0, 0.1) is 34.0 Å². The largest absolute Gasteiger partial charge is 0.454 e. The number of carbonyl (C=O) groups excluding carboxylic acids is 1. The third kappa shape index (κ3) is 2.39. The number of hydrogen-bond acceptors (Lipinski definition) is 6. The van der Waals surface area contributed by atoms with Crippen LogP contribution in [0.15, 0.2) is 48.5 Å². The maximum atomic E-state index is 13.7. The summed E-state index contributed by atoms with van der Waals surface area (Å²) in [6.07, 6.45) is 5.60. The molecule has 1 saturated heterocycles. The molecule has 1 aliphatic carbocycles. The molecule has 0 bridgehead atoms. The van der Waals surface area contributed by atoms with Crippen LogP contribution in [0.25, 0.3) is 6.08 Å². The number of Topliss-reactive ketones (excluding diaryl/α,β-unsaturated/α-hetero) is 1. The highest BCUT2D eigenvalue weighted by Gasteiger charge is 2.64. The zero-order valence-electron chi connectivity index (χ0n) is 16.7. The lowest BCUT2D eigenvalue weighted by atomic mass is 9.69. The molecule has 3 atom stereocenters. The van der Waals surface area contributed by atoms with E-state index >= 15 is 0 Å². The highest BCUT2D eigenvalue weighted by Crippen LogP contribution is 2.57. The second-order valence-electron chi connectivity index (χ2n) is 8.57. The molecule has 0 amide bonds. The number of fused-ring (bicyclic) bond motifs is 4. The van der Waals surface area contributed by atoms with E-state index in [2.05, 4.69) is 12.1 Å². The van der Waals surface area contributed by atoms with Crippen LogP contribution in [-0.4, -0.2) is 24.7 Å². The first-order chi connectivity index (χ1) is 15.2. The maximum absolute atomic E-state index is 13.7. The second-order valence-corrected chi connectivity index (χ2v) is 8.57. The Bertz CT molecular complexity index is 1200. The smallest absolute Gasteiger partial charge is 0.231 e. The van der Waals surface area contributed by atoms with Gasteiger partial charge in [-0.25, -0.2) is 0 Å². The van der Waals surface area contributed by atoms with E-state index in [1.54, 1.807) is 6.07 Å². The summed E-state index contributed by atoms with van der Waals surface area (Å²) in [5.74, 6) is 0.722. The molecule has 2 aromatic rings. The molecule has 31 heavy (non-hydrogen) atoms. The molecule has 2 aromatic carbocycles. The van der Waals surface area contributed by atoms with E-state index in [1.165, 1.54) is 0 Å². The molecule has 0 unspecified atom stereocenters. The predicted molar refractivity (Wildman–Crippen MR) is 112 cm³/mol. The van der Waals surface area contributed by atoms with Crippen LogP contribution in [0.4, 0.5) is 5.69 Å². The molecule has 0 N–H and O–H groups in total. The monoisotopic (exact) mass is 409 g/mol. The van der Waals surface area contributed by atoms with Gasteiger partial charge in [-0.2, -0.15) is 10.5 Å². The van der Waals surface area contributed by atoms with E-state index in [0.717, 1.165) is 29.7 Å². The minimum absolute atomic E-state index is 0.00610. The van der Waals surface area contributed by atoms with Crippen LogP contribution in [0.5, 0.6) is 11.5 Å². The van der Waals surface area contributed by atoms with E-state index in [4.69, 9.17) is 9.47 Å². The third-order valence-electron chi connectivity index (χ3n) is 6.94. The summed E-state index contributed by atoms with van der Waals surface area (Å²) in [5, 5.41) is 20.8. The number of para-hydroxylation sites is 1. The first-order valence-electron chi connectivity index (χ1n) is 10.5. The fourth-order valence-electron chi connectivity index (χ4n) is 5.35. The Kier molecular flexibility index (Phi) is 3.70. The van der Waals surface area contributed by atoms with Crippen LogP contribution in [-0.2, 0) is 4.79 Å². The quantitative estimate of drug-likeness (QED) is 0.767. The van der Waals surface area contributed by atoms with E-state index < -0.39 is 23.4 Å². The predicted octanol–water partition coefficient (Wildman–Crippen LogP) is 3.80. The fraction of sp³-hybridized carbons (Fsp3) is 0.320. The molecule has 6 nitrogen and oxygen atoms in total. The Balaban J connectivity index is 1.59. The highest BCUT2D eigenvalue weighted by atomic mass is 16.7. The Labute approximate surface area is 179 Å². The van der Waals surface area contributed by atoms with Crippen molar-refractivity contribution in [3.63, 3.8) is 0 Å². The lowest BCUT2D eigenvalue weighted by Crippen LogP contribution is -2.44. The molecular weight excluding hydrogens is 390 g/mol. The van der Waals surface area contributed by atoms with Gasteiger partial charge in [0.1, 0.15) is 0 Å². The molecule has 152 valence electrons. The molecule has 6 rings (SSSR count). The van der Waals surface area contributed by atoms with Crippen molar-refractivity contribution in [1.82, 2.24) is 0 Å². The fourth-order valence-corrected chi connectivity index (χ4v) is 5.35. The van der Waals surface area contributed by atoms with E-state index in [1.807, 2.05) is 53.5 Å². The van der Waals surface area contributed by atoms with Crippen molar-refractivity contribution in [3.8, 4) is 23.6 Å². The Morgan fingerprint density at radius 3 is 2.61 bits per heavy atom. The van der Waals surface area contributed by atoms with Gasteiger partial charge in [0.2, 0.25) is 6.79 Å². The minimum atomic E-state index is -1.41. The molecule has 3 heterocycles. The van der Waals surface area contributed by atoms with Gasteiger partial charge in [0.05, 0.1) is 24.2 Å². The molecule has 4 aliphatic rings. The van der Waals surface area contributed by atoms with Gasteiger partial charge in [-0.05, 0) is 42.2 Å². The number of rotatable bonds is 3. The Hall–Kier alpha value is -3.77. The van der Waals surface area contributed by atoms with Crippen molar-refractivity contribution < 1.29 is 14.3 Å². The molecule has 0 radical (unpaired) electrons. The van der Waals surface area contributed by atoms with Crippen molar-refractivity contribution in [3.05, 3.63) is 59.7 Å². The standard InChI is InChI=1S/C25H19N3O3/c26-12-25(13-27)21-10-8-15-3-1-2-4-18(15)28(21)23(24(29)16-5-6-16)22(25)17-7-9-19-20(11-17)31-14-30-19/h1-4,7-11,16,21-23H,5-6,14H2/t21-,22-,23+/m1/s1. The van der Waals surface area contributed by atoms with Crippen molar-refractivity contribution >= 4 is 17.5 Å². The summed E-state index contributed by atoms with van der Waals surface area (Å²) in [6, 6.07) is 16.9. The van der Waals surface area contributed by atoms with Gasteiger partial charge in [0, 0.05) is 17.5 Å². The zero-order valence-corrected chi connectivity index (χ0v) is 16.7. The minimum Gasteiger partial charge on any atom is -0.454 e. The topological polar surface area (TPSA) is 86.4 Å². The summed E-state index contributed by atoms with van der Waals surface area (Å²) in [7, 11) is 0. The first-order valence-corrected chi connectivity index (χ1v) is 10.5. The van der Waals surface area contributed by atoms with Crippen molar-refractivity contribution in [2.45, 2.75) is 30.8 Å². The number of nitrogens with zero attached hydrogens (tertiary/aromatic N) is 3. The van der Waals surface area contributed by atoms with Crippen LogP contribution in [0.1, 0.15) is 29.9 Å². The number of benzene rings is 2. The van der Waals surface area contributed by atoms with Crippen LogP contribution < -0.4 is 14.4 Å². The third-order valence-corrected chi connectivity index (χ3v) is 6.94. The number of hydrogen-bond donors (Lipinski definition) is 0. The number of ether oxygens (including phenoxy) is 2. The molecule has 1 saturated carbocycles. The number of ketones is 1. The van der Waals surface area contributed by atoms with Crippen LogP contribution >= 0.6 is 0 Å². The summed E-state index contributed by atoms with van der Waals surface area (Å²) in [4.78, 5) is 15.7. The summed E-state index contributed by atoms with van der Waals surface area (Å²) in [5.41, 5.74) is 1.23. The molecule has 3 aliphatic heterocycles. The maximum Gasteiger partial charge on any atom is 0.231 e. The molecule has 6 heteroatoms. The Morgan fingerprint density at radius 2 is 1.84 bits per heavy atom. The van der Waals surface area contributed by atoms with Crippen molar-refractivity contribution in [1.29, 1.82) is 10.5 Å². The average molecular weight is 409 g/mol. The average Bonchev–Trinajstić information content (AvgIpc) is 3.48. The molecule has 0 spiro atoms. The van der Waals surface area contributed by atoms with E-state index in [-0.39, 0.29) is 18.5 Å². The number of anilines is 1. The van der Waals surface area contributed by atoms with Gasteiger partial charge in [-0.15, -0.1) is 0 Å². The second kappa shape index (κ2) is 6.36. The molecule has 0 aromatic heterocycles. The van der Waals surface area contributed by atoms with Crippen molar-refractivity contribution in [2.75, 3.05) is 11.7 Å². The zero-order chi connectivity index (χ0) is 21.2. The van der Waals surface area contributed by atoms with Crippen LogP contribution in [0.3, 0.4) is 0 Å². The lowest BCUT2D eigenvalue weighted by molar-refractivity contribution is -0.121. The first kappa shape index (κ1) is 18.0. The molecular formula is C25H19N3O3. The van der Waals surface area contributed by atoms with Crippen LogP contribution in [0.2, 0.25) is 0 Å². The van der Waals surface area contributed by atoms with Gasteiger partial charge in [0.25, 0.3) is 0 Å². The normalized spacial score (nSPS) is 26.5. The van der Waals surface area contributed by atoms with E-state index in [9.17, 15) is 15.3 Å². The van der Waals surface area contributed by atoms with Gasteiger partial charge in [0.15, 0.2) is 22.7 Å². The lowest BCUT2D eigenvalue weighted by Gasteiger charge is -2.35. The summed E-state index contributed by atoms with van der Waals surface area (Å²) >= 11 is 0. The van der Waals surface area contributed by atoms with Gasteiger partial charge in [-0.1, -0.05) is 36.4 Å². The summed E-state index contributed by atoms with van der Waals surface area (Å²) < 4.78 is 11.0. The molecule has 2 fully saturated rings. The number of carbonyl (C=O) groups is 1. The van der Waals surface area contributed by atoms with Gasteiger partial charge in [-0.3, -0.25) is 4.79 Å². The van der Waals surface area contributed by atoms with Gasteiger partial charge >= 0.3 is 0 Å². The Morgan fingerprint density at radius 1 is 1.06 bits per heavy atom. The van der Waals surface area contributed by atoms with E-state index in [0.29, 0.717) is 11.5 Å². The van der Waals surface area contributed by atoms with Crippen molar-refractivity contribution in [2.24, 2.45) is 11.3 Å². The summed E-state index contributed by atoms with van der Waals surface area (Å²) in [6.45, 7) is 0.139.